The molecule has 0 aromatic carbocycles. The molecule has 4 aliphatic carbocycles. The van der Waals surface area contributed by atoms with E-state index in [9.17, 15) is 4.79 Å². The van der Waals surface area contributed by atoms with Crippen LogP contribution < -0.4 is 4.57 Å². The Hall–Kier alpha value is -1.38. The number of esters is 1. The molecule has 0 saturated heterocycles. The monoisotopic (exact) mass is 300 g/mol. The second kappa shape index (κ2) is 5.36. The largest absolute Gasteiger partial charge is 0.460 e. The first-order valence-corrected chi connectivity index (χ1v) is 8.72. The summed E-state index contributed by atoms with van der Waals surface area (Å²) in [5, 5.41) is 0. The number of hydrogen-bond donors (Lipinski definition) is 0. The van der Waals surface area contributed by atoms with Gasteiger partial charge in [0.15, 0.2) is 12.4 Å². The molecule has 118 valence electrons. The fourth-order valence-electron chi connectivity index (χ4n) is 5.65. The highest BCUT2D eigenvalue weighted by atomic mass is 16.5. The van der Waals surface area contributed by atoms with E-state index in [4.69, 9.17) is 4.74 Å². The fraction of sp³-hybridized carbons (Fsp3) is 0.684. The van der Waals surface area contributed by atoms with Crippen LogP contribution in [-0.4, -0.2) is 12.6 Å². The average molecular weight is 300 g/mol. The average Bonchev–Trinajstić information content (AvgIpc) is 2.44. The number of ether oxygens (including phenoxy) is 1. The van der Waals surface area contributed by atoms with Gasteiger partial charge in [-0.1, -0.05) is 0 Å². The van der Waals surface area contributed by atoms with Gasteiger partial charge in [0.25, 0.3) is 0 Å². The number of rotatable bonds is 4. The highest BCUT2D eigenvalue weighted by Crippen LogP contribution is 2.60. The molecule has 0 spiro atoms. The van der Waals surface area contributed by atoms with Gasteiger partial charge in [0, 0.05) is 17.0 Å². The lowest BCUT2D eigenvalue weighted by molar-refractivity contribution is -0.686. The van der Waals surface area contributed by atoms with Crippen molar-refractivity contribution in [1.82, 2.24) is 0 Å². The van der Waals surface area contributed by atoms with Crippen molar-refractivity contribution in [2.75, 3.05) is 6.61 Å². The highest BCUT2D eigenvalue weighted by molar-refractivity contribution is 5.67. The van der Waals surface area contributed by atoms with Gasteiger partial charge in [-0.25, -0.2) is 4.79 Å². The molecule has 22 heavy (non-hydrogen) atoms. The minimum atomic E-state index is -0.0913. The lowest BCUT2D eigenvalue weighted by atomic mass is 9.50. The molecule has 1 aromatic rings. The molecule has 0 unspecified atom stereocenters. The Morgan fingerprint density at radius 3 is 2.45 bits per heavy atom. The van der Waals surface area contributed by atoms with Crippen molar-refractivity contribution in [2.24, 2.45) is 23.2 Å². The summed E-state index contributed by atoms with van der Waals surface area (Å²) in [4.78, 5) is 12.2. The number of pyridine rings is 1. The first kappa shape index (κ1) is 14.2. The normalized spacial score (nSPS) is 35.6. The summed E-state index contributed by atoms with van der Waals surface area (Å²) >= 11 is 0. The molecular formula is C19H26NO2+. The maximum Gasteiger partial charge on any atom is 0.372 e. The van der Waals surface area contributed by atoms with Crippen LogP contribution in [0.1, 0.15) is 44.1 Å². The smallest absolute Gasteiger partial charge is 0.372 e. The van der Waals surface area contributed by atoms with E-state index in [-0.39, 0.29) is 5.97 Å². The lowest BCUT2D eigenvalue weighted by Crippen LogP contribution is -2.49. The van der Waals surface area contributed by atoms with E-state index in [1.165, 1.54) is 38.5 Å². The first-order valence-electron chi connectivity index (χ1n) is 8.72. The van der Waals surface area contributed by atoms with Gasteiger partial charge in [0.2, 0.25) is 6.54 Å². The van der Waals surface area contributed by atoms with Crippen LogP contribution >= 0.6 is 0 Å². The van der Waals surface area contributed by atoms with E-state index in [1.54, 1.807) is 0 Å². The summed E-state index contributed by atoms with van der Waals surface area (Å²) in [5.74, 6) is 2.65. The molecule has 1 heterocycles. The molecule has 4 saturated carbocycles. The molecule has 1 aromatic heterocycles. The number of hydrogen-bond acceptors (Lipinski definition) is 2. The summed E-state index contributed by atoms with van der Waals surface area (Å²) in [6.07, 6.45) is 12.1. The van der Waals surface area contributed by atoms with E-state index in [1.807, 2.05) is 36.0 Å². The molecule has 0 atom stereocenters. The van der Waals surface area contributed by atoms with Crippen LogP contribution in [-0.2, 0) is 16.1 Å². The quantitative estimate of drug-likeness (QED) is 0.632. The second-order valence-electron chi connectivity index (χ2n) is 8.13. The van der Waals surface area contributed by atoms with Crippen LogP contribution in [0.15, 0.2) is 24.5 Å². The Kier molecular flexibility index (Phi) is 3.47. The lowest BCUT2D eigenvalue weighted by Gasteiger charge is -2.56. The van der Waals surface area contributed by atoms with E-state index < -0.39 is 0 Å². The molecule has 0 aliphatic heterocycles. The molecule has 5 rings (SSSR count). The predicted octanol–water partition coefficient (Wildman–Crippen LogP) is 3.04. The topological polar surface area (TPSA) is 30.2 Å². The Labute approximate surface area is 132 Å². The third kappa shape index (κ3) is 2.78. The predicted molar refractivity (Wildman–Crippen MR) is 82.9 cm³/mol. The zero-order valence-electron chi connectivity index (χ0n) is 13.5. The molecule has 3 heteroatoms. The van der Waals surface area contributed by atoms with E-state index in [0.29, 0.717) is 18.6 Å². The van der Waals surface area contributed by atoms with Gasteiger partial charge in [-0.05, 0) is 69.3 Å². The summed E-state index contributed by atoms with van der Waals surface area (Å²) in [7, 11) is 0. The molecule has 4 bridgehead atoms. The minimum Gasteiger partial charge on any atom is -0.460 e. The van der Waals surface area contributed by atoms with Crippen molar-refractivity contribution in [2.45, 2.75) is 52.0 Å². The third-order valence-electron chi connectivity index (χ3n) is 6.02. The van der Waals surface area contributed by atoms with E-state index in [2.05, 4.69) is 0 Å². The Bertz CT molecular complexity index is 545. The number of carbonyl (C=O) groups excluding carboxylic acids is 1. The van der Waals surface area contributed by atoms with E-state index in [0.717, 1.165) is 23.3 Å². The van der Waals surface area contributed by atoms with Crippen molar-refractivity contribution in [1.29, 1.82) is 0 Å². The van der Waals surface area contributed by atoms with Crippen molar-refractivity contribution in [3.8, 4) is 0 Å². The summed E-state index contributed by atoms with van der Waals surface area (Å²) in [6.45, 7) is 3.02. The van der Waals surface area contributed by atoms with Crippen molar-refractivity contribution >= 4 is 5.97 Å². The molecule has 0 radical (unpaired) electrons. The van der Waals surface area contributed by atoms with Crippen molar-refractivity contribution in [3.05, 3.63) is 30.1 Å². The van der Waals surface area contributed by atoms with Gasteiger partial charge >= 0.3 is 5.97 Å². The second-order valence-corrected chi connectivity index (χ2v) is 8.13. The zero-order valence-corrected chi connectivity index (χ0v) is 13.5. The van der Waals surface area contributed by atoms with Crippen LogP contribution in [0, 0.1) is 30.1 Å². The molecule has 4 aliphatic rings. The van der Waals surface area contributed by atoms with Crippen molar-refractivity contribution in [3.63, 3.8) is 0 Å². The van der Waals surface area contributed by atoms with Crippen LogP contribution in [0.5, 0.6) is 0 Å². The maximum absolute atomic E-state index is 12.2. The van der Waals surface area contributed by atoms with Crippen LogP contribution in [0.4, 0.5) is 0 Å². The van der Waals surface area contributed by atoms with Gasteiger partial charge in [0.1, 0.15) is 0 Å². The standard InChI is InChI=1S/C19H26NO2/c1-14-3-2-4-20(11-14)12-18(21)22-13-19-8-15-5-16(9-19)7-17(6-15)10-19/h2-4,11,15-17H,5-10,12-13H2,1H3/q+1. The molecular weight excluding hydrogens is 274 g/mol. The van der Waals surface area contributed by atoms with Crippen LogP contribution in [0.3, 0.4) is 0 Å². The fourth-order valence-corrected chi connectivity index (χ4v) is 5.65. The SMILES string of the molecule is Cc1ccc[n+](CC(=O)OCC23CC4CC(CC(C4)C2)C3)c1. The first-order chi connectivity index (χ1) is 10.6. The number of carbonyl (C=O) groups is 1. The zero-order chi connectivity index (χ0) is 15.2. The Balaban J connectivity index is 1.35. The third-order valence-corrected chi connectivity index (χ3v) is 6.02. The molecule has 0 N–H and O–H groups in total. The molecule has 0 amide bonds. The van der Waals surface area contributed by atoms with Crippen molar-refractivity contribution < 1.29 is 14.1 Å². The van der Waals surface area contributed by atoms with Gasteiger partial charge in [-0.3, -0.25) is 0 Å². The number of aryl methyl sites for hydroxylation is 1. The number of nitrogens with zero attached hydrogens (tertiary/aromatic N) is 1. The summed E-state index contributed by atoms with van der Waals surface area (Å²) in [5.41, 5.74) is 1.48. The van der Waals surface area contributed by atoms with Gasteiger partial charge in [0.05, 0.1) is 6.61 Å². The molecule has 3 nitrogen and oxygen atoms in total. The minimum absolute atomic E-state index is 0.0913. The Morgan fingerprint density at radius 2 is 1.86 bits per heavy atom. The maximum atomic E-state index is 12.2. The molecule has 4 fully saturated rings. The number of aromatic nitrogens is 1. The Morgan fingerprint density at radius 1 is 1.23 bits per heavy atom. The van der Waals surface area contributed by atoms with Crippen LogP contribution in [0.25, 0.3) is 0 Å². The summed E-state index contributed by atoms with van der Waals surface area (Å²) in [6, 6.07) is 4.01. The van der Waals surface area contributed by atoms with Gasteiger partial charge in [-0.15, -0.1) is 0 Å². The van der Waals surface area contributed by atoms with Crippen LogP contribution in [0.2, 0.25) is 0 Å². The van der Waals surface area contributed by atoms with Gasteiger partial charge in [-0.2, -0.15) is 4.57 Å². The highest BCUT2D eigenvalue weighted by Gasteiger charge is 2.51. The summed E-state index contributed by atoms with van der Waals surface area (Å²) < 4.78 is 7.62. The van der Waals surface area contributed by atoms with E-state index >= 15 is 0 Å². The van der Waals surface area contributed by atoms with Gasteiger partial charge < -0.3 is 4.74 Å².